The lowest BCUT2D eigenvalue weighted by molar-refractivity contribution is -0.142. The van der Waals surface area contributed by atoms with E-state index in [0.29, 0.717) is 6.42 Å². The zero-order valence-electron chi connectivity index (χ0n) is 19.9. The molecule has 200 valence electrons. The lowest BCUT2D eigenvalue weighted by Gasteiger charge is -2.24. The minimum atomic E-state index is -1.29. The molecule has 0 bridgehead atoms. The molecular weight excluding hydrogens is 482 g/mol. The van der Waals surface area contributed by atoms with Crippen LogP contribution in [0.5, 0.6) is 0 Å². The van der Waals surface area contributed by atoms with Crippen LogP contribution < -0.4 is 33.2 Å². The zero-order valence-corrected chi connectivity index (χ0v) is 20.8. The summed E-state index contributed by atoms with van der Waals surface area (Å²) in [5, 5.41) is 25.5. The molecule has 14 nitrogen and oxygen atoms in total. The summed E-state index contributed by atoms with van der Waals surface area (Å²) >= 11 is 4.04. The number of carboxylic acid groups (broad SMARTS) is 2. The monoisotopic (exact) mass is 519 g/mol. The van der Waals surface area contributed by atoms with Gasteiger partial charge in [0, 0.05) is 18.7 Å². The number of carbonyl (C=O) groups is 5. The van der Waals surface area contributed by atoms with E-state index in [1.165, 1.54) is 0 Å². The Hall–Kier alpha value is -3.07. The van der Waals surface area contributed by atoms with Gasteiger partial charge in [0.15, 0.2) is 5.96 Å². The van der Waals surface area contributed by atoms with Crippen LogP contribution in [-0.2, 0) is 24.0 Å². The fourth-order valence-corrected chi connectivity index (χ4v) is 3.19. The first-order valence-electron chi connectivity index (χ1n) is 11.1. The number of nitrogens with zero attached hydrogens (tertiary/aromatic N) is 1. The van der Waals surface area contributed by atoms with Crippen molar-refractivity contribution >= 4 is 48.2 Å². The SMILES string of the molecule is CC(C)CC(N)C(=O)NC(CCC(=O)O)C(=O)NC(CS)C(=O)NC(CCCN=C(N)N)C(=O)O. The Labute approximate surface area is 209 Å². The molecule has 0 aliphatic heterocycles. The topological polar surface area (TPSA) is 252 Å². The molecule has 11 N–H and O–H groups in total. The van der Waals surface area contributed by atoms with Crippen molar-refractivity contribution in [2.24, 2.45) is 28.1 Å². The highest BCUT2D eigenvalue weighted by atomic mass is 32.1. The summed E-state index contributed by atoms with van der Waals surface area (Å²) in [4.78, 5) is 64.0. The third kappa shape index (κ3) is 14.0. The molecule has 0 rings (SSSR count). The molecule has 0 heterocycles. The molecule has 0 aromatic heterocycles. The van der Waals surface area contributed by atoms with E-state index in [-0.39, 0.29) is 43.4 Å². The van der Waals surface area contributed by atoms with Gasteiger partial charge in [-0.05, 0) is 31.6 Å². The molecule has 35 heavy (non-hydrogen) atoms. The standard InChI is InChI=1S/C20H37N7O7S/c1-10(2)8-11(21)16(30)25-12(5-6-15(28)29)17(31)27-14(9-35)18(32)26-13(19(33)34)4-3-7-24-20(22)23/h10-14,35H,3-9,21H2,1-2H3,(H,25,30)(H,26,32)(H,27,31)(H,28,29)(H,33,34)(H4,22,23,24). The van der Waals surface area contributed by atoms with Crippen LogP contribution in [0.1, 0.15) is 46.0 Å². The fraction of sp³-hybridized carbons (Fsp3) is 0.700. The van der Waals surface area contributed by atoms with E-state index in [4.69, 9.17) is 22.3 Å². The molecule has 0 fully saturated rings. The number of aliphatic imine (C=N–C) groups is 1. The number of guanidine groups is 1. The second-order valence-corrected chi connectivity index (χ2v) is 8.69. The molecular formula is C20H37N7O7S. The van der Waals surface area contributed by atoms with Crippen LogP contribution in [0.15, 0.2) is 4.99 Å². The molecule has 0 saturated carbocycles. The van der Waals surface area contributed by atoms with Crippen LogP contribution in [0, 0.1) is 5.92 Å². The molecule has 0 spiro atoms. The summed E-state index contributed by atoms with van der Waals surface area (Å²) in [5.74, 6) is -4.98. The Kier molecular flexibility index (Phi) is 15.1. The van der Waals surface area contributed by atoms with Crippen molar-refractivity contribution in [2.45, 2.75) is 70.1 Å². The van der Waals surface area contributed by atoms with Crippen molar-refractivity contribution in [3.8, 4) is 0 Å². The average molecular weight is 520 g/mol. The van der Waals surface area contributed by atoms with Gasteiger partial charge in [-0.2, -0.15) is 12.6 Å². The van der Waals surface area contributed by atoms with Gasteiger partial charge in [-0.1, -0.05) is 13.8 Å². The quantitative estimate of drug-likeness (QED) is 0.0431. The second kappa shape index (κ2) is 16.5. The van der Waals surface area contributed by atoms with Gasteiger partial charge in [-0.15, -0.1) is 0 Å². The van der Waals surface area contributed by atoms with E-state index in [0.717, 1.165) is 0 Å². The molecule has 3 amide bonds. The number of carbonyl (C=O) groups excluding carboxylic acids is 3. The van der Waals surface area contributed by atoms with Gasteiger partial charge in [-0.25, -0.2) is 4.79 Å². The predicted molar refractivity (Wildman–Crippen MR) is 131 cm³/mol. The van der Waals surface area contributed by atoms with E-state index >= 15 is 0 Å². The Morgan fingerprint density at radius 2 is 1.43 bits per heavy atom. The zero-order chi connectivity index (χ0) is 27.1. The number of rotatable bonds is 17. The summed E-state index contributed by atoms with van der Waals surface area (Å²) in [6.45, 7) is 3.89. The highest BCUT2D eigenvalue weighted by molar-refractivity contribution is 7.80. The molecule has 0 aliphatic rings. The first-order valence-corrected chi connectivity index (χ1v) is 11.7. The van der Waals surface area contributed by atoms with E-state index in [1.807, 2.05) is 13.8 Å². The summed E-state index contributed by atoms with van der Waals surface area (Å²) < 4.78 is 0. The number of amides is 3. The van der Waals surface area contributed by atoms with Gasteiger partial charge >= 0.3 is 11.9 Å². The number of nitrogens with two attached hydrogens (primary N) is 3. The van der Waals surface area contributed by atoms with Crippen LogP contribution in [0.25, 0.3) is 0 Å². The van der Waals surface area contributed by atoms with Crippen LogP contribution in [0.2, 0.25) is 0 Å². The van der Waals surface area contributed by atoms with Gasteiger partial charge < -0.3 is 43.4 Å². The minimum Gasteiger partial charge on any atom is -0.481 e. The van der Waals surface area contributed by atoms with Crippen LogP contribution in [0.3, 0.4) is 0 Å². The predicted octanol–water partition coefficient (Wildman–Crippen LogP) is -2.25. The van der Waals surface area contributed by atoms with Crippen molar-refractivity contribution in [1.82, 2.24) is 16.0 Å². The molecule has 4 atom stereocenters. The number of hydrogen-bond acceptors (Lipinski definition) is 8. The maximum absolute atomic E-state index is 12.8. The maximum atomic E-state index is 12.8. The van der Waals surface area contributed by atoms with Crippen LogP contribution in [0.4, 0.5) is 0 Å². The lowest BCUT2D eigenvalue weighted by atomic mass is 10.0. The van der Waals surface area contributed by atoms with Crippen molar-refractivity contribution < 1.29 is 34.2 Å². The van der Waals surface area contributed by atoms with Gasteiger partial charge in [-0.3, -0.25) is 24.2 Å². The van der Waals surface area contributed by atoms with Gasteiger partial charge in [0.2, 0.25) is 17.7 Å². The number of aliphatic carboxylic acids is 2. The lowest BCUT2D eigenvalue weighted by Crippen LogP contribution is -2.57. The van der Waals surface area contributed by atoms with Crippen LogP contribution >= 0.6 is 12.6 Å². The number of carboxylic acids is 2. The molecule has 0 aromatic rings. The molecule has 0 radical (unpaired) electrons. The molecule has 15 heteroatoms. The minimum absolute atomic E-state index is 0.0239. The van der Waals surface area contributed by atoms with Crippen LogP contribution in [-0.4, -0.2) is 82.3 Å². The molecule has 4 unspecified atom stereocenters. The van der Waals surface area contributed by atoms with Crippen molar-refractivity contribution in [1.29, 1.82) is 0 Å². The van der Waals surface area contributed by atoms with Gasteiger partial charge in [0.1, 0.15) is 18.1 Å². The van der Waals surface area contributed by atoms with Gasteiger partial charge in [0.05, 0.1) is 6.04 Å². The number of nitrogens with one attached hydrogen (secondary N) is 3. The van der Waals surface area contributed by atoms with E-state index < -0.39 is 60.2 Å². The second-order valence-electron chi connectivity index (χ2n) is 8.32. The van der Waals surface area contributed by atoms with Crippen molar-refractivity contribution in [3.05, 3.63) is 0 Å². The van der Waals surface area contributed by atoms with Gasteiger partial charge in [0.25, 0.3) is 0 Å². The largest absolute Gasteiger partial charge is 0.481 e. The summed E-state index contributed by atoms with van der Waals surface area (Å²) in [7, 11) is 0. The Morgan fingerprint density at radius 1 is 0.886 bits per heavy atom. The molecule has 0 saturated heterocycles. The summed E-state index contributed by atoms with van der Waals surface area (Å²) in [5.41, 5.74) is 16.3. The number of hydrogen-bond donors (Lipinski definition) is 9. The molecule has 0 aromatic carbocycles. The molecule has 0 aliphatic carbocycles. The normalized spacial score (nSPS) is 14.2. The summed E-state index contributed by atoms with van der Waals surface area (Å²) in [6.07, 6.45) is -0.0270. The highest BCUT2D eigenvalue weighted by Gasteiger charge is 2.30. The van der Waals surface area contributed by atoms with E-state index in [9.17, 15) is 29.1 Å². The Morgan fingerprint density at radius 3 is 1.91 bits per heavy atom. The first-order chi connectivity index (χ1) is 16.3. The summed E-state index contributed by atoms with van der Waals surface area (Å²) in [6, 6.07) is -4.71. The Balaban J connectivity index is 5.26. The Bertz CT molecular complexity index is 775. The third-order valence-corrected chi connectivity index (χ3v) is 5.08. The van der Waals surface area contributed by atoms with Crippen molar-refractivity contribution in [2.75, 3.05) is 12.3 Å². The smallest absolute Gasteiger partial charge is 0.326 e. The maximum Gasteiger partial charge on any atom is 0.326 e. The first kappa shape index (κ1) is 31.9. The number of thiol groups is 1. The van der Waals surface area contributed by atoms with Crippen molar-refractivity contribution in [3.63, 3.8) is 0 Å². The average Bonchev–Trinajstić information content (AvgIpc) is 2.75. The van der Waals surface area contributed by atoms with E-state index in [2.05, 4.69) is 33.6 Å². The highest BCUT2D eigenvalue weighted by Crippen LogP contribution is 2.06. The third-order valence-electron chi connectivity index (χ3n) is 4.72. The fourth-order valence-electron chi connectivity index (χ4n) is 2.93. The van der Waals surface area contributed by atoms with E-state index in [1.54, 1.807) is 0 Å².